The summed E-state index contributed by atoms with van der Waals surface area (Å²) in [7, 11) is 0. The van der Waals surface area contributed by atoms with Gasteiger partial charge in [0.2, 0.25) is 11.8 Å². The molecule has 0 unspecified atom stereocenters. The fourth-order valence-electron chi connectivity index (χ4n) is 1.85. The Bertz CT molecular complexity index is 321. The molecular formula is C11H18N2O4. The van der Waals surface area contributed by atoms with Crippen LogP contribution >= 0.6 is 0 Å². The van der Waals surface area contributed by atoms with Crippen LogP contribution in [-0.4, -0.2) is 46.9 Å². The standard InChI is InChI=1S/C11H18N2O4/c1-7(11(16)17)12-10(15)9-3-5-13(6-4-9)8(2)14/h7,9H,3-6H2,1-2H3,(H,12,15)(H,16,17)/t7-/m0/s1. The van der Waals surface area contributed by atoms with E-state index in [1.807, 2.05) is 0 Å². The number of likely N-dealkylation sites (tertiary alicyclic amines) is 1. The minimum absolute atomic E-state index is 0.0164. The normalized spacial score (nSPS) is 18.6. The van der Waals surface area contributed by atoms with Gasteiger partial charge in [0, 0.05) is 25.9 Å². The third-order valence-electron chi connectivity index (χ3n) is 3.04. The Morgan fingerprint density at radius 3 is 2.24 bits per heavy atom. The summed E-state index contributed by atoms with van der Waals surface area (Å²) in [6, 6.07) is -0.867. The zero-order valence-corrected chi connectivity index (χ0v) is 10.1. The maximum atomic E-state index is 11.7. The molecule has 17 heavy (non-hydrogen) atoms. The Morgan fingerprint density at radius 1 is 1.29 bits per heavy atom. The lowest BCUT2D eigenvalue weighted by molar-refractivity contribution is -0.142. The molecule has 1 saturated heterocycles. The number of piperidine rings is 1. The highest BCUT2D eigenvalue weighted by Gasteiger charge is 2.27. The first kappa shape index (κ1) is 13.5. The summed E-state index contributed by atoms with van der Waals surface area (Å²) in [5.74, 6) is -1.45. The topological polar surface area (TPSA) is 86.7 Å². The predicted molar refractivity (Wildman–Crippen MR) is 60.2 cm³/mol. The number of nitrogens with zero attached hydrogens (tertiary/aromatic N) is 1. The first-order valence-corrected chi connectivity index (χ1v) is 5.70. The molecule has 0 aliphatic carbocycles. The number of nitrogens with one attached hydrogen (secondary N) is 1. The Labute approximate surface area is 100.0 Å². The Kier molecular flexibility index (Phi) is 4.48. The number of amides is 2. The summed E-state index contributed by atoms with van der Waals surface area (Å²) in [5.41, 5.74) is 0. The number of hydrogen-bond acceptors (Lipinski definition) is 3. The molecule has 0 saturated carbocycles. The maximum absolute atomic E-state index is 11.7. The maximum Gasteiger partial charge on any atom is 0.325 e. The van der Waals surface area contributed by atoms with Gasteiger partial charge < -0.3 is 15.3 Å². The van der Waals surface area contributed by atoms with Gasteiger partial charge in [0.1, 0.15) is 6.04 Å². The second-order valence-corrected chi connectivity index (χ2v) is 4.35. The smallest absolute Gasteiger partial charge is 0.325 e. The van der Waals surface area contributed by atoms with Crippen molar-refractivity contribution in [1.82, 2.24) is 10.2 Å². The number of carboxylic acid groups (broad SMARTS) is 1. The molecule has 6 heteroatoms. The SMILES string of the molecule is CC(=O)N1CCC(C(=O)N[C@@H](C)C(=O)O)CC1. The minimum atomic E-state index is -1.04. The molecule has 1 fully saturated rings. The molecule has 6 nitrogen and oxygen atoms in total. The minimum Gasteiger partial charge on any atom is -0.480 e. The third kappa shape index (κ3) is 3.72. The molecule has 2 N–H and O–H groups in total. The molecule has 0 bridgehead atoms. The van der Waals surface area contributed by atoms with E-state index in [0.29, 0.717) is 25.9 Å². The summed E-state index contributed by atoms with van der Waals surface area (Å²) in [5, 5.41) is 11.1. The summed E-state index contributed by atoms with van der Waals surface area (Å²) in [6.45, 7) is 4.07. The van der Waals surface area contributed by atoms with Gasteiger partial charge in [-0.2, -0.15) is 0 Å². The van der Waals surface area contributed by atoms with E-state index in [1.165, 1.54) is 13.8 Å². The third-order valence-corrected chi connectivity index (χ3v) is 3.04. The van der Waals surface area contributed by atoms with Gasteiger partial charge in [-0.25, -0.2) is 0 Å². The molecular weight excluding hydrogens is 224 g/mol. The predicted octanol–water partition coefficient (Wildman–Crippen LogP) is -0.166. The van der Waals surface area contributed by atoms with Crippen LogP contribution in [0.15, 0.2) is 0 Å². The van der Waals surface area contributed by atoms with Crippen LogP contribution in [-0.2, 0) is 14.4 Å². The number of rotatable bonds is 3. The van der Waals surface area contributed by atoms with E-state index < -0.39 is 12.0 Å². The van der Waals surface area contributed by atoms with E-state index in [4.69, 9.17) is 5.11 Å². The molecule has 0 radical (unpaired) electrons. The number of carbonyl (C=O) groups excluding carboxylic acids is 2. The highest BCUT2D eigenvalue weighted by atomic mass is 16.4. The van der Waals surface area contributed by atoms with Gasteiger partial charge in [-0.1, -0.05) is 0 Å². The van der Waals surface area contributed by atoms with Gasteiger partial charge in [-0.15, -0.1) is 0 Å². The van der Waals surface area contributed by atoms with Crippen LogP contribution in [0, 0.1) is 5.92 Å². The summed E-state index contributed by atoms with van der Waals surface area (Å²) in [6.07, 6.45) is 1.19. The molecule has 0 aromatic rings. The fourth-order valence-corrected chi connectivity index (χ4v) is 1.85. The van der Waals surface area contributed by atoms with Gasteiger partial charge in [0.25, 0.3) is 0 Å². The lowest BCUT2D eigenvalue weighted by Crippen LogP contribution is -2.46. The average molecular weight is 242 g/mol. The van der Waals surface area contributed by atoms with Gasteiger partial charge in [0.05, 0.1) is 0 Å². The number of hydrogen-bond donors (Lipinski definition) is 2. The summed E-state index contributed by atoms with van der Waals surface area (Å²) < 4.78 is 0. The number of carboxylic acids is 1. The molecule has 1 aliphatic heterocycles. The first-order valence-electron chi connectivity index (χ1n) is 5.70. The van der Waals surface area contributed by atoms with Crippen molar-refractivity contribution >= 4 is 17.8 Å². The second kappa shape index (κ2) is 5.65. The van der Waals surface area contributed by atoms with Gasteiger partial charge in [0.15, 0.2) is 0 Å². The molecule has 1 aliphatic rings. The summed E-state index contributed by atoms with van der Waals surface area (Å²) in [4.78, 5) is 35.1. The van der Waals surface area contributed by atoms with Gasteiger partial charge in [-0.05, 0) is 19.8 Å². The zero-order valence-electron chi connectivity index (χ0n) is 10.1. The van der Waals surface area contributed by atoms with E-state index >= 15 is 0 Å². The Hall–Kier alpha value is -1.59. The van der Waals surface area contributed by atoms with Crippen LogP contribution < -0.4 is 5.32 Å². The van der Waals surface area contributed by atoms with Crippen molar-refractivity contribution in [2.75, 3.05) is 13.1 Å². The van der Waals surface area contributed by atoms with Crippen LogP contribution in [0.3, 0.4) is 0 Å². The molecule has 1 atom stereocenters. The zero-order chi connectivity index (χ0) is 13.0. The highest BCUT2D eigenvalue weighted by molar-refractivity contribution is 5.85. The molecule has 1 heterocycles. The molecule has 0 aromatic heterocycles. The van der Waals surface area contributed by atoms with Crippen molar-refractivity contribution in [2.24, 2.45) is 5.92 Å². The number of carbonyl (C=O) groups is 3. The van der Waals surface area contributed by atoms with Crippen molar-refractivity contribution in [2.45, 2.75) is 32.7 Å². The monoisotopic (exact) mass is 242 g/mol. The van der Waals surface area contributed by atoms with Crippen molar-refractivity contribution in [3.8, 4) is 0 Å². The van der Waals surface area contributed by atoms with E-state index in [1.54, 1.807) is 4.90 Å². The largest absolute Gasteiger partial charge is 0.480 e. The lowest BCUT2D eigenvalue weighted by Gasteiger charge is -2.30. The second-order valence-electron chi connectivity index (χ2n) is 4.35. The molecule has 2 amide bonds. The van der Waals surface area contributed by atoms with Crippen LogP contribution in [0.4, 0.5) is 0 Å². The van der Waals surface area contributed by atoms with Crippen molar-refractivity contribution in [3.63, 3.8) is 0 Å². The van der Waals surface area contributed by atoms with E-state index in [0.717, 1.165) is 0 Å². The Balaban J connectivity index is 2.41. The molecule has 0 aromatic carbocycles. The highest BCUT2D eigenvalue weighted by Crippen LogP contribution is 2.17. The lowest BCUT2D eigenvalue weighted by atomic mass is 9.95. The van der Waals surface area contributed by atoms with E-state index in [2.05, 4.69) is 5.32 Å². The van der Waals surface area contributed by atoms with Crippen LogP contribution in [0.25, 0.3) is 0 Å². The van der Waals surface area contributed by atoms with Crippen molar-refractivity contribution in [1.29, 1.82) is 0 Å². The first-order chi connectivity index (χ1) is 7.91. The van der Waals surface area contributed by atoms with Gasteiger partial charge in [-0.3, -0.25) is 14.4 Å². The van der Waals surface area contributed by atoms with Crippen molar-refractivity contribution < 1.29 is 19.5 Å². The molecule has 0 spiro atoms. The van der Waals surface area contributed by atoms with E-state index in [9.17, 15) is 14.4 Å². The molecule has 96 valence electrons. The van der Waals surface area contributed by atoms with Crippen LogP contribution in [0.1, 0.15) is 26.7 Å². The number of aliphatic carboxylic acids is 1. The molecule has 1 rings (SSSR count). The average Bonchev–Trinajstić information content (AvgIpc) is 2.28. The van der Waals surface area contributed by atoms with Crippen LogP contribution in [0.2, 0.25) is 0 Å². The fraction of sp³-hybridized carbons (Fsp3) is 0.727. The Morgan fingerprint density at radius 2 is 1.82 bits per heavy atom. The van der Waals surface area contributed by atoms with Crippen LogP contribution in [0.5, 0.6) is 0 Å². The van der Waals surface area contributed by atoms with E-state index in [-0.39, 0.29) is 17.7 Å². The van der Waals surface area contributed by atoms with Gasteiger partial charge >= 0.3 is 5.97 Å². The quantitative estimate of drug-likeness (QED) is 0.719. The van der Waals surface area contributed by atoms with Crippen molar-refractivity contribution in [3.05, 3.63) is 0 Å². The summed E-state index contributed by atoms with van der Waals surface area (Å²) >= 11 is 0.